The molecule has 0 heterocycles. The number of hydrogen-bond acceptors (Lipinski definition) is 2. The summed E-state index contributed by atoms with van der Waals surface area (Å²) in [4.78, 5) is 25.4. The van der Waals surface area contributed by atoms with Gasteiger partial charge in [0.25, 0.3) is 0 Å². The minimum atomic E-state index is -0.831. The normalized spacial score (nSPS) is 27.4. The zero-order valence-electron chi connectivity index (χ0n) is 12.3. The third kappa shape index (κ3) is 2.55. The molecule has 4 heteroatoms. The lowest BCUT2D eigenvalue weighted by Gasteiger charge is -2.39. The van der Waals surface area contributed by atoms with Gasteiger partial charge >= 0.3 is 5.97 Å². The van der Waals surface area contributed by atoms with Crippen LogP contribution in [0.25, 0.3) is 0 Å². The molecule has 1 amide bonds. The number of hydrogen-bond donors (Lipinski definition) is 1. The van der Waals surface area contributed by atoms with Crippen LogP contribution in [0.2, 0.25) is 0 Å². The van der Waals surface area contributed by atoms with E-state index in [9.17, 15) is 9.59 Å². The molecule has 1 aromatic carbocycles. The Kier molecular flexibility index (Phi) is 3.70. The lowest BCUT2D eigenvalue weighted by molar-refractivity contribution is -0.157. The summed E-state index contributed by atoms with van der Waals surface area (Å²) >= 11 is 0. The highest BCUT2D eigenvalue weighted by Crippen LogP contribution is 2.36. The number of amides is 1. The number of carbonyl (C=O) groups excluding carboxylic acids is 1. The van der Waals surface area contributed by atoms with Crippen LogP contribution in [-0.2, 0) is 22.4 Å². The molecule has 0 aromatic heterocycles. The van der Waals surface area contributed by atoms with Gasteiger partial charge in [0, 0.05) is 13.1 Å². The summed E-state index contributed by atoms with van der Waals surface area (Å²) in [5, 5.41) is 9.10. The molecule has 0 saturated heterocycles. The molecule has 0 aliphatic heterocycles. The molecule has 21 heavy (non-hydrogen) atoms. The maximum atomic E-state index is 12.5. The molecule has 2 aliphatic carbocycles. The number of carboxylic acid groups (broad SMARTS) is 1. The predicted octanol–water partition coefficient (Wildman–Crippen LogP) is 2.11. The van der Waals surface area contributed by atoms with Crippen LogP contribution in [0.3, 0.4) is 0 Å². The first-order valence-electron chi connectivity index (χ1n) is 7.64. The SMILES string of the molecule is CN(C(=O)C1CCC1C(=O)O)C1CCc2ccccc2C1. The second-order valence-corrected chi connectivity index (χ2v) is 6.24. The Bertz CT molecular complexity index is 569. The molecule has 112 valence electrons. The van der Waals surface area contributed by atoms with E-state index >= 15 is 0 Å². The molecular formula is C17H21NO3. The number of fused-ring (bicyclic) bond motifs is 1. The number of aliphatic carboxylic acids is 1. The Balaban J connectivity index is 1.68. The van der Waals surface area contributed by atoms with Gasteiger partial charge in [-0.05, 0) is 43.2 Å². The maximum absolute atomic E-state index is 12.5. The lowest BCUT2D eigenvalue weighted by Crippen LogP contribution is -2.49. The fraction of sp³-hybridized carbons (Fsp3) is 0.529. The van der Waals surface area contributed by atoms with E-state index in [4.69, 9.17) is 5.11 Å². The first kappa shape index (κ1) is 14.1. The van der Waals surface area contributed by atoms with Gasteiger partial charge in [-0.15, -0.1) is 0 Å². The van der Waals surface area contributed by atoms with E-state index in [1.165, 1.54) is 11.1 Å². The minimum absolute atomic E-state index is 0.0121. The zero-order chi connectivity index (χ0) is 15.0. The zero-order valence-corrected chi connectivity index (χ0v) is 12.3. The van der Waals surface area contributed by atoms with Gasteiger partial charge in [0.1, 0.15) is 0 Å². The van der Waals surface area contributed by atoms with Crippen LogP contribution in [0.1, 0.15) is 30.4 Å². The lowest BCUT2D eigenvalue weighted by atomic mass is 9.72. The molecule has 3 unspecified atom stereocenters. The number of likely N-dealkylation sites (N-methyl/N-ethyl adjacent to an activating group) is 1. The smallest absolute Gasteiger partial charge is 0.307 e. The molecular weight excluding hydrogens is 266 g/mol. The molecule has 2 aliphatic rings. The van der Waals surface area contributed by atoms with Crippen molar-refractivity contribution < 1.29 is 14.7 Å². The summed E-state index contributed by atoms with van der Waals surface area (Å²) in [6.07, 6.45) is 4.18. The molecule has 0 radical (unpaired) electrons. The molecule has 1 fully saturated rings. The van der Waals surface area contributed by atoms with Gasteiger partial charge in [-0.3, -0.25) is 9.59 Å². The van der Waals surface area contributed by atoms with E-state index in [-0.39, 0.29) is 17.9 Å². The monoisotopic (exact) mass is 287 g/mol. The topological polar surface area (TPSA) is 57.6 Å². The highest BCUT2D eigenvalue weighted by Gasteiger charge is 2.43. The fourth-order valence-corrected chi connectivity index (χ4v) is 3.54. The summed E-state index contributed by atoms with van der Waals surface area (Å²) in [6.45, 7) is 0. The van der Waals surface area contributed by atoms with Crippen molar-refractivity contribution in [3.63, 3.8) is 0 Å². The third-order valence-electron chi connectivity index (χ3n) is 5.12. The van der Waals surface area contributed by atoms with Crippen LogP contribution < -0.4 is 0 Å². The Morgan fingerprint density at radius 2 is 1.76 bits per heavy atom. The van der Waals surface area contributed by atoms with Crippen molar-refractivity contribution in [1.82, 2.24) is 4.90 Å². The largest absolute Gasteiger partial charge is 0.481 e. The van der Waals surface area contributed by atoms with Gasteiger partial charge in [0.15, 0.2) is 0 Å². The summed E-state index contributed by atoms with van der Waals surface area (Å²) in [7, 11) is 1.83. The average molecular weight is 287 g/mol. The number of nitrogens with zero attached hydrogens (tertiary/aromatic N) is 1. The van der Waals surface area contributed by atoms with Crippen LogP contribution in [0.15, 0.2) is 24.3 Å². The first-order valence-corrected chi connectivity index (χ1v) is 7.64. The highest BCUT2D eigenvalue weighted by atomic mass is 16.4. The van der Waals surface area contributed by atoms with Crippen molar-refractivity contribution >= 4 is 11.9 Å². The molecule has 1 aromatic rings. The van der Waals surface area contributed by atoms with E-state index in [2.05, 4.69) is 18.2 Å². The molecule has 1 N–H and O–H groups in total. The average Bonchev–Trinajstić information content (AvgIpc) is 2.44. The van der Waals surface area contributed by atoms with Crippen molar-refractivity contribution in [3.05, 3.63) is 35.4 Å². The van der Waals surface area contributed by atoms with E-state index in [1.54, 1.807) is 4.90 Å². The quantitative estimate of drug-likeness (QED) is 0.926. The van der Waals surface area contributed by atoms with Gasteiger partial charge in [0.2, 0.25) is 5.91 Å². The highest BCUT2D eigenvalue weighted by molar-refractivity contribution is 5.86. The third-order valence-corrected chi connectivity index (χ3v) is 5.12. The fourth-order valence-electron chi connectivity index (χ4n) is 3.54. The maximum Gasteiger partial charge on any atom is 0.307 e. The molecule has 0 bridgehead atoms. The van der Waals surface area contributed by atoms with Crippen LogP contribution in [-0.4, -0.2) is 35.0 Å². The second kappa shape index (κ2) is 5.51. The van der Waals surface area contributed by atoms with Gasteiger partial charge in [-0.1, -0.05) is 24.3 Å². The van der Waals surface area contributed by atoms with E-state index in [1.807, 2.05) is 13.1 Å². The molecule has 1 saturated carbocycles. The van der Waals surface area contributed by atoms with E-state index in [0.29, 0.717) is 12.8 Å². The molecule has 4 nitrogen and oxygen atoms in total. The van der Waals surface area contributed by atoms with Crippen molar-refractivity contribution in [3.8, 4) is 0 Å². The second-order valence-electron chi connectivity index (χ2n) is 6.24. The Labute approximate surface area is 124 Å². The van der Waals surface area contributed by atoms with Crippen LogP contribution in [0.4, 0.5) is 0 Å². The van der Waals surface area contributed by atoms with Gasteiger partial charge in [-0.2, -0.15) is 0 Å². The van der Waals surface area contributed by atoms with Crippen molar-refractivity contribution in [2.45, 2.75) is 38.1 Å². The minimum Gasteiger partial charge on any atom is -0.481 e. The number of carboxylic acids is 1. The van der Waals surface area contributed by atoms with Crippen molar-refractivity contribution in [2.24, 2.45) is 11.8 Å². The van der Waals surface area contributed by atoms with E-state index < -0.39 is 11.9 Å². The molecule has 3 rings (SSSR count). The molecule has 0 spiro atoms. The van der Waals surface area contributed by atoms with Crippen LogP contribution >= 0.6 is 0 Å². The Morgan fingerprint density at radius 3 is 2.38 bits per heavy atom. The van der Waals surface area contributed by atoms with Gasteiger partial charge in [0.05, 0.1) is 11.8 Å². The van der Waals surface area contributed by atoms with Gasteiger partial charge in [-0.25, -0.2) is 0 Å². The van der Waals surface area contributed by atoms with Gasteiger partial charge < -0.3 is 10.0 Å². The summed E-state index contributed by atoms with van der Waals surface area (Å²) in [5.74, 6) is -1.61. The summed E-state index contributed by atoms with van der Waals surface area (Å²) < 4.78 is 0. The van der Waals surface area contributed by atoms with Crippen LogP contribution in [0.5, 0.6) is 0 Å². The summed E-state index contributed by atoms with van der Waals surface area (Å²) in [6, 6.07) is 8.57. The summed E-state index contributed by atoms with van der Waals surface area (Å²) in [5.41, 5.74) is 2.69. The number of carbonyl (C=O) groups is 2. The Morgan fingerprint density at radius 1 is 1.10 bits per heavy atom. The van der Waals surface area contributed by atoms with Crippen LogP contribution in [0, 0.1) is 11.8 Å². The number of aryl methyl sites for hydroxylation is 1. The number of benzene rings is 1. The first-order chi connectivity index (χ1) is 10.1. The van der Waals surface area contributed by atoms with Crippen molar-refractivity contribution in [2.75, 3.05) is 7.05 Å². The van der Waals surface area contributed by atoms with Crippen molar-refractivity contribution in [1.29, 1.82) is 0 Å². The van der Waals surface area contributed by atoms with E-state index in [0.717, 1.165) is 19.3 Å². The predicted molar refractivity (Wildman–Crippen MR) is 78.9 cm³/mol. The molecule has 3 atom stereocenters. The standard InChI is InChI=1S/C17H21NO3/c1-18(16(19)14-8-9-15(14)17(20)21)13-7-6-11-4-2-3-5-12(11)10-13/h2-5,13-15H,6-10H2,1H3,(H,20,21). The number of rotatable bonds is 3. The Hall–Kier alpha value is -1.84.